The maximum Gasteiger partial charge on any atom is 0.352 e. The van der Waals surface area contributed by atoms with Crippen LogP contribution in [0.4, 0.5) is 5.69 Å². The molecule has 0 spiro atoms. The standard InChI is InChI=1S/C16H9N3O4/c17-8-9-1-3-10(4-2-9)11-5-6-14(19(22)23)15-12(11)7-13(18-15)16(20)21/h1-7,18H,(H,20,21). The number of carboxylic acid groups (broad SMARTS) is 1. The largest absolute Gasteiger partial charge is 0.477 e. The molecule has 23 heavy (non-hydrogen) atoms. The molecule has 7 nitrogen and oxygen atoms in total. The van der Waals surface area contributed by atoms with Crippen LogP contribution in [0.25, 0.3) is 22.0 Å². The molecule has 0 unspecified atom stereocenters. The third-order valence-electron chi connectivity index (χ3n) is 3.52. The van der Waals surface area contributed by atoms with Gasteiger partial charge in [0.2, 0.25) is 0 Å². The Morgan fingerprint density at radius 3 is 2.48 bits per heavy atom. The predicted octanol–water partition coefficient (Wildman–Crippen LogP) is 3.31. The molecule has 2 aromatic carbocycles. The van der Waals surface area contributed by atoms with Crippen LogP contribution in [0.3, 0.4) is 0 Å². The summed E-state index contributed by atoms with van der Waals surface area (Å²) in [5.41, 5.74) is 1.73. The van der Waals surface area contributed by atoms with E-state index >= 15 is 0 Å². The highest BCUT2D eigenvalue weighted by atomic mass is 16.6. The van der Waals surface area contributed by atoms with E-state index in [9.17, 15) is 14.9 Å². The highest BCUT2D eigenvalue weighted by Crippen LogP contribution is 2.34. The number of nitrogens with one attached hydrogen (secondary N) is 1. The second-order valence-corrected chi connectivity index (χ2v) is 4.86. The third kappa shape index (κ3) is 2.38. The monoisotopic (exact) mass is 307 g/mol. The molecule has 3 rings (SSSR count). The van der Waals surface area contributed by atoms with Crippen LogP contribution in [0.15, 0.2) is 42.5 Å². The summed E-state index contributed by atoms with van der Waals surface area (Å²) < 4.78 is 0. The van der Waals surface area contributed by atoms with Crippen LogP contribution in [0, 0.1) is 21.4 Å². The fourth-order valence-corrected chi connectivity index (χ4v) is 2.45. The zero-order chi connectivity index (χ0) is 16.6. The van der Waals surface area contributed by atoms with Crippen molar-refractivity contribution in [2.45, 2.75) is 0 Å². The molecule has 2 N–H and O–H groups in total. The fourth-order valence-electron chi connectivity index (χ4n) is 2.45. The van der Waals surface area contributed by atoms with E-state index in [1.807, 2.05) is 6.07 Å². The number of benzene rings is 2. The van der Waals surface area contributed by atoms with Crippen LogP contribution in [-0.4, -0.2) is 21.0 Å². The van der Waals surface area contributed by atoms with Gasteiger partial charge in [-0.2, -0.15) is 5.26 Å². The van der Waals surface area contributed by atoms with Crippen molar-refractivity contribution in [3.05, 3.63) is 63.8 Å². The number of carboxylic acids is 1. The first kappa shape index (κ1) is 14.3. The van der Waals surface area contributed by atoms with Crippen molar-refractivity contribution in [2.75, 3.05) is 0 Å². The van der Waals surface area contributed by atoms with Crippen LogP contribution < -0.4 is 0 Å². The number of hydrogen-bond acceptors (Lipinski definition) is 4. The van der Waals surface area contributed by atoms with Gasteiger partial charge >= 0.3 is 5.97 Å². The van der Waals surface area contributed by atoms with E-state index in [4.69, 9.17) is 10.4 Å². The number of hydrogen-bond donors (Lipinski definition) is 2. The minimum absolute atomic E-state index is 0.121. The number of nitriles is 1. The number of aromatic amines is 1. The Bertz CT molecular complexity index is 981. The van der Waals surface area contributed by atoms with Gasteiger partial charge in [-0.3, -0.25) is 10.1 Å². The lowest BCUT2D eigenvalue weighted by molar-refractivity contribution is -0.383. The van der Waals surface area contributed by atoms with Gasteiger partial charge < -0.3 is 10.1 Å². The number of fused-ring (bicyclic) bond motifs is 1. The topological polar surface area (TPSA) is 120 Å². The van der Waals surface area contributed by atoms with E-state index in [0.717, 1.165) is 5.56 Å². The molecule has 0 atom stereocenters. The zero-order valence-corrected chi connectivity index (χ0v) is 11.6. The number of nitrogens with zero attached hydrogens (tertiary/aromatic N) is 2. The number of aromatic nitrogens is 1. The van der Waals surface area contributed by atoms with Gasteiger partial charge in [-0.05, 0) is 35.4 Å². The summed E-state index contributed by atoms with van der Waals surface area (Å²) in [4.78, 5) is 24.3. The first-order valence-electron chi connectivity index (χ1n) is 6.55. The molecular formula is C16H9N3O4. The van der Waals surface area contributed by atoms with Crippen LogP contribution in [-0.2, 0) is 0 Å². The van der Waals surface area contributed by atoms with E-state index in [1.54, 1.807) is 30.3 Å². The van der Waals surface area contributed by atoms with Gasteiger partial charge in [-0.1, -0.05) is 12.1 Å². The highest BCUT2D eigenvalue weighted by molar-refractivity contribution is 6.04. The predicted molar refractivity (Wildman–Crippen MR) is 82.1 cm³/mol. The molecule has 0 radical (unpaired) electrons. The van der Waals surface area contributed by atoms with Gasteiger partial charge in [0.25, 0.3) is 5.69 Å². The zero-order valence-electron chi connectivity index (χ0n) is 11.6. The normalized spacial score (nSPS) is 10.4. The van der Waals surface area contributed by atoms with Crippen molar-refractivity contribution in [3.8, 4) is 17.2 Å². The second kappa shape index (κ2) is 5.27. The smallest absolute Gasteiger partial charge is 0.352 e. The van der Waals surface area contributed by atoms with Crippen molar-refractivity contribution >= 4 is 22.6 Å². The molecule has 1 heterocycles. The van der Waals surface area contributed by atoms with Gasteiger partial charge in [-0.25, -0.2) is 4.79 Å². The minimum Gasteiger partial charge on any atom is -0.477 e. The van der Waals surface area contributed by atoms with Crippen molar-refractivity contribution in [1.82, 2.24) is 4.98 Å². The number of aromatic carboxylic acids is 1. The second-order valence-electron chi connectivity index (χ2n) is 4.86. The molecule has 0 bridgehead atoms. The molecule has 0 saturated carbocycles. The summed E-state index contributed by atoms with van der Waals surface area (Å²) in [6, 6.07) is 13.0. The van der Waals surface area contributed by atoms with Crippen molar-refractivity contribution in [2.24, 2.45) is 0 Å². The van der Waals surface area contributed by atoms with Gasteiger partial charge in [0.15, 0.2) is 0 Å². The van der Waals surface area contributed by atoms with Crippen molar-refractivity contribution in [1.29, 1.82) is 5.26 Å². The minimum atomic E-state index is -1.19. The first-order valence-corrected chi connectivity index (χ1v) is 6.55. The van der Waals surface area contributed by atoms with Crippen LogP contribution in [0.5, 0.6) is 0 Å². The van der Waals surface area contributed by atoms with Gasteiger partial charge in [0.1, 0.15) is 11.2 Å². The van der Waals surface area contributed by atoms with E-state index in [0.29, 0.717) is 16.5 Å². The van der Waals surface area contributed by atoms with Crippen LogP contribution >= 0.6 is 0 Å². The summed E-state index contributed by atoms with van der Waals surface area (Å²) in [7, 11) is 0. The van der Waals surface area contributed by atoms with E-state index in [1.165, 1.54) is 12.1 Å². The number of nitro benzene ring substituents is 1. The number of H-pyrrole nitrogens is 1. The number of rotatable bonds is 3. The quantitative estimate of drug-likeness (QED) is 0.568. The Hall–Kier alpha value is -3.66. The molecule has 0 aliphatic rings. The number of carbonyl (C=O) groups is 1. The van der Waals surface area contributed by atoms with Crippen LogP contribution in [0.2, 0.25) is 0 Å². The average molecular weight is 307 g/mol. The molecule has 0 aliphatic heterocycles. The Kier molecular flexibility index (Phi) is 3.27. The molecule has 0 amide bonds. The Morgan fingerprint density at radius 2 is 1.91 bits per heavy atom. The summed E-state index contributed by atoms with van der Waals surface area (Å²) in [6.07, 6.45) is 0. The third-order valence-corrected chi connectivity index (χ3v) is 3.52. The first-order chi connectivity index (χ1) is 11.0. The Balaban J connectivity index is 2.28. The lowest BCUT2D eigenvalue weighted by Crippen LogP contribution is -1.95. The maximum atomic E-state index is 11.1. The van der Waals surface area contributed by atoms with Gasteiger partial charge in [-0.15, -0.1) is 0 Å². The van der Waals surface area contributed by atoms with Gasteiger partial charge in [0, 0.05) is 11.5 Å². The Morgan fingerprint density at radius 1 is 1.22 bits per heavy atom. The summed E-state index contributed by atoms with van der Waals surface area (Å²) in [5, 5.41) is 29.5. The molecule has 7 heteroatoms. The highest BCUT2D eigenvalue weighted by Gasteiger charge is 2.20. The number of nitro groups is 1. The molecule has 0 saturated heterocycles. The number of non-ortho nitro benzene ring substituents is 1. The molecule has 0 fully saturated rings. The molecule has 112 valence electrons. The molecular weight excluding hydrogens is 298 g/mol. The summed E-state index contributed by atoms with van der Waals surface area (Å²) >= 11 is 0. The summed E-state index contributed by atoms with van der Waals surface area (Å²) in [5.74, 6) is -1.19. The Labute approximate surface area is 129 Å². The average Bonchev–Trinajstić information content (AvgIpc) is 2.99. The summed E-state index contributed by atoms with van der Waals surface area (Å²) in [6.45, 7) is 0. The SMILES string of the molecule is N#Cc1ccc(-c2ccc([N+](=O)[O-])c3[nH]c(C(=O)O)cc23)cc1. The molecule has 1 aromatic heterocycles. The van der Waals surface area contributed by atoms with E-state index in [2.05, 4.69) is 4.98 Å². The van der Waals surface area contributed by atoms with Crippen LogP contribution in [0.1, 0.15) is 16.1 Å². The lowest BCUT2D eigenvalue weighted by Gasteiger charge is -2.04. The van der Waals surface area contributed by atoms with Gasteiger partial charge in [0.05, 0.1) is 16.6 Å². The van der Waals surface area contributed by atoms with E-state index < -0.39 is 10.9 Å². The van der Waals surface area contributed by atoms with E-state index in [-0.39, 0.29) is 16.9 Å². The fraction of sp³-hybridized carbons (Fsp3) is 0. The van der Waals surface area contributed by atoms with Crippen molar-refractivity contribution < 1.29 is 14.8 Å². The molecule has 3 aromatic rings. The molecule has 0 aliphatic carbocycles. The van der Waals surface area contributed by atoms with Crippen molar-refractivity contribution in [3.63, 3.8) is 0 Å². The lowest BCUT2D eigenvalue weighted by atomic mass is 10.00. The maximum absolute atomic E-state index is 11.1.